The maximum atomic E-state index is 12.9. The highest BCUT2D eigenvalue weighted by Gasteiger charge is 2.19. The molecule has 0 aliphatic heterocycles. The van der Waals surface area contributed by atoms with Gasteiger partial charge in [0.2, 0.25) is 0 Å². The van der Waals surface area contributed by atoms with E-state index in [1.807, 2.05) is 0 Å². The van der Waals surface area contributed by atoms with Gasteiger partial charge in [-0.25, -0.2) is 0 Å². The van der Waals surface area contributed by atoms with Gasteiger partial charge in [-0.3, -0.25) is 14.4 Å². The van der Waals surface area contributed by atoms with Crippen LogP contribution in [0, 0.1) is 0 Å². The Kier molecular flexibility index (Phi) is 53.9. The van der Waals surface area contributed by atoms with Crippen LogP contribution in [0.3, 0.4) is 0 Å². The third-order valence-electron chi connectivity index (χ3n) is 12.0. The summed E-state index contributed by atoms with van der Waals surface area (Å²) in [7, 11) is 0. The molecule has 1 atom stereocenters. The molecule has 0 radical (unpaired) electrons. The van der Waals surface area contributed by atoms with Crippen LogP contribution in [0.1, 0.15) is 265 Å². The van der Waals surface area contributed by atoms with Gasteiger partial charge in [-0.2, -0.15) is 0 Å². The molecule has 0 aromatic carbocycles. The molecule has 69 heavy (non-hydrogen) atoms. The normalized spacial score (nSPS) is 12.8. The monoisotopic (exact) mass is 959 g/mol. The lowest BCUT2D eigenvalue weighted by Crippen LogP contribution is -2.30. The van der Waals surface area contributed by atoms with Crippen molar-refractivity contribution in [3.05, 3.63) is 97.2 Å². The Hall–Kier alpha value is -3.67. The molecule has 0 fully saturated rings. The van der Waals surface area contributed by atoms with Crippen LogP contribution >= 0.6 is 0 Å². The molecule has 0 saturated carbocycles. The van der Waals surface area contributed by atoms with Crippen molar-refractivity contribution in [2.24, 2.45) is 0 Å². The van der Waals surface area contributed by atoms with E-state index in [4.69, 9.17) is 14.2 Å². The molecule has 0 spiro atoms. The molecular weight excluding hydrogens is 853 g/mol. The van der Waals surface area contributed by atoms with Crippen molar-refractivity contribution < 1.29 is 28.6 Å². The second-order valence-corrected chi connectivity index (χ2v) is 18.8. The van der Waals surface area contributed by atoms with Crippen LogP contribution in [0.2, 0.25) is 0 Å². The van der Waals surface area contributed by atoms with Gasteiger partial charge in [0.15, 0.2) is 6.10 Å². The van der Waals surface area contributed by atoms with Gasteiger partial charge in [-0.15, -0.1) is 0 Å². The molecule has 0 rings (SSSR count). The van der Waals surface area contributed by atoms with Crippen LogP contribution in [0.4, 0.5) is 0 Å². The van der Waals surface area contributed by atoms with Gasteiger partial charge >= 0.3 is 17.9 Å². The Bertz CT molecular complexity index is 1380. The summed E-state index contributed by atoms with van der Waals surface area (Å²) in [5, 5.41) is 0. The molecule has 1 unspecified atom stereocenters. The maximum Gasteiger partial charge on any atom is 0.306 e. The van der Waals surface area contributed by atoms with Crippen molar-refractivity contribution in [1.82, 2.24) is 0 Å². The minimum absolute atomic E-state index is 0.0949. The second kappa shape index (κ2) is 56.9. The average Bonchev–Trinajstić information content (AvgIpc) is 3.35. The lowest BCUT2D eigenvalue weighted by molar-refractivity contribution is -0.167. The van der Waals surface area contributed by atoms with Crippen LogP contribution in [0.5, 0.6) is 0 Å². The van der Waals surface area contributed by atoms with Gasteiger partial charge in [0.1, 0.15) is 13.2 Å². The summed E-state index contributed by atoms with van der Waals surface area (Å²) < 4.78 is 16.8. The SMILES string of the molecule is CC/C=C\C/C=C\C/C=C\C/C=C\C/C=C\CCCCCCCC(=O)OCC(COC(=O)CCCCCCC/C=C\C/C=C\CCCC)OC(=O)CCCCCCC/C=C\CCCCCCCCC. The fourth-order valence-electron chi connectivity index (χ4n) is 7.71. The Morgan fingerprint density at radius 3 is 0.942 bits per heavy atom. The first-order valence-corrected chi connectivity index (χ1v) is 28.7. The standard InChI is InChI=1S/C63H106O6/c1-4-7-10-13-16-19-22-25-28-30-31-32-33-34-36-38-41-44-47-50-53-56-62(65)68-59-60(58-67-61(64)55-52-49-46-43-40-37-27-24-21-18-15-12-9-6-3)69-63(66)57-54-51-48-45-42-39-35-29-26-23-20-17-14-11-8-5-2/h7,10,15-16,18-19,24-25,27-29,31-32,34-36,60H,4-6,8-9,11-14,17,20-23,26,30,33,37-59H2,1-3H3/b10-7-,18-15-,19-16-,27-24-,28-25-,32-31-,35-29-,36-34-. The molecule has 0 heterocycles. The third kappa shape index (κ3) is 55.1. The number of allylic oxidation sites excluding steroid dienone is 16. The number of carbonyl (C=O) groups is 3. The van der Waals surface area contributed by atoms with Gasteiger partial charge in [0.05, 0.1) is 0 Å². The fourth-order valence-corrected chi connectivity index (χ4v) is 7.71. The third-order valence-corrected chi connectivity index (χ3v) is 12.0. The first kappa shape index (κ1) is 65.3. The highest BCUT2D eigenvalue weighted by Crippen LogP contribution is 2.14. The smallest absolute Gasteiger partial charge is 0.306 e. The van der Waals surface area contributed by atoms with Gasteiger partial charge in [0, 0.05) is 19.3 Å². The number of rotatable bonds is 51. The largest absolute Gasteiger partial charge is 0.462 e. The number of esters is 3. The molecule has 0 N–H and O–H groups in total. The summed E-state index contributed by atoms with van der Waals surface area (Å²) in [4.78, 5) is 38.2. The van der Waals surface area contributed by atoms with E-state index in [1.54, 1.807) is 0 Å². The van der Waals surface area contributed by atoms with E-state index >= 15 is 0 Å². The number of hydrogen-bond acceptors (Lipinski definition) is 6. The van der Waals surface area contributed by atoms with Crippen molar-refractivity contribution in [3.8, 4) is 0 Å². The van der Waals surface area contributed by atoms with Crippen LogP contribution in [0.25, 0.3) is 0 Å². The zero-order valence-corrected chi connectivity index (χ0v) is 45.0. The van der Waals surface area contributed by atoms with E-state index in [0.717, 1.165) is 148 Å². The number of carbonyl (C=O) groups excluding carboxylic acids is 3. The van der Waals surface area contributed by atoms with Crippen LogP contribution in [0.15, 0.2) is 97.2 Å². The summed E-state index contributed by atoms with van der Waals surface area (Å²) in [6.45, 7) is 6.45. The molecule has 0 amide bonds. The fraction of sp³-hybridized carbons (Fsp3) is 0.698. The van der Waals surface area contributed by atoms with Crippen LogP contribution in [-0.2, 0) is 28.6 Å². The summed E-state index contributed by atoms with van der Waals surface area (Å²) in [5.41, 5.74) is 0. The zero-order chi connectivity index (χ0) is 50.0. The highest BCUT2D eigenvalue weighted by atomic mass is 16.6. The van der Waals surface area contributed by atoms with Crippen molar-refractivity contribution in [2.45, 2.75) is 271 Å². The lowest BCUT2D eigenvalue weighted by Gasteiger charge is -2.18. The van der Waals surface area contributed by atoms with E-state index in [9.17, 15) is 14.4 Å². The first-order valence-electron chi connectivity index (χ1n) is 28.7. The maximum absolute atomic E-state index is 12.9. The van der Waals surface area contributed by atoms with Crippen molar-refractivity contribution in [2.75, 3.05) is 13.2 Å². The van der Waals surface area contributed by atoms with E-state index in [2.05, 4.69) is 118 Å². The molecule has 0 bridgehead atoms. The number of ether oxygens (including phenoxy) is 3. The molecule has 0 aromatic rings. The van der Waals surface area contributed by atoms with E-state index in [1.165, 1.54) is 77.0 Å². The summed E-state index contributed by atoms with van der Waals surface area (Å²) >= 11 is 0. The second-order valence-electron chi connectivity index (χ2n) is 18.8. The summed E-state index contributed by atoms with van der Waals surface area (Å²) in [6, 6.07) is 0. The minimum Gasteiger partial charge on any atom is -0.462 e. The van der Waals surface area contributed by atoms with E-state index in [-0.39, 0.29) is 31.1 Å². The molecule has 394 valence electrons. The Balaban J connectivity index is 4.44. The molecule has 6 heteroatoms. The Morgan fingerprint density at radius 1 is 0.304 bits per heavy atom. The van der Waals surface area contributed by atoms with Crippen molar-refractivity contribution in [3.63, 3.8) is 0 Å². The molecule has 0 aliphatic rings. The van der Waals surface area contributed by atoms with Crippen LogP contribution in [-0.4, -0.2) is 37.2 Å². The van der Waals surface area contributed by atoms with Gasteiger partial charge in [0.25, 0.3) is 0 Å². The first-order chi connectivity index (χ1) is 34.0. The van der Waals surface area contributed by atoms with Crippen LogP contribution < -0.4 is 0 Å². The number of unbranched alkanes of at least 4 members (excludes halogenated alkanes) is 24. The van der Waals surface area contributed by atoms with Gasteiger partial charge in [-0.1, -0.05) is 227 Å². The topological polar surface area (TPSA) is 78.9 Å². The molecular formula is C63H106O6. The molecule has 6 nitrogen and oxygen atoms in total. The molecule has 0 aromatic heterocycles. The average molecular weight is 960 g/mol. The summed E-state index contributed by atoms with van der Waals surface area (Å²) in [6.07, 6.45) is 75.3. The lowest BCUT2D eigenvalue weighted by atomic mass is 10.1. The van der Waals surface area contributed by atoms with Crippen molar-refractivity contribution in [1.29, 1.82) is 0 Å². The molecule has 0 aliphatic carbocycles. The Morgan fingerprint density at radius 2 is 0.580 bits per heavy atom. The van der Waals surface area contributed by atoms with E-state index in [0.29, 0.717) is 19.3 Å². The Labute approximate surface area is 426 Å². The van der Waals surface area contributed by atoms with E-state index < -0.39 is 6.10 Å². The highest BCUT2D eigenvalue weighted by molar-refractivity contribution is 5.71. The summed E-state index contributed by atoms with van der Waals surface area (Å²) in [5.74, 6) is -0.932. The predicted molar refractivity (Wildman–Crippen MR) is 297 cm³/mol. The number of hydrogen-bond donors (Lipinski definition) is 0. The molecule has 0 saturated heterocycles. The quantitative estimate of drug-likeness (QED) is 0.0262. The van der Waals surface area contributed by atoms with Gasteiger partial charge < -0.3 is 14.2 Å². The minimum atomic E-state index is -0.797. The van der Waals surface area contributed by atoms with Crippen molar-refractivity contribution >= 4 is 17.9 Å². The predicted octanol–water partition coefficient (Wildman–Crippen LogP) is 19.3. The zero-order valence-electron chi connectivity index (χ0n) is 45.0. The van der Waals surface area contributed by atoms with Gasteiger partial charge in [-0.05, 0) is 116 Å².